The summed E-state index contributed by atoms with van der Waals surface area (Å²) in [6.07, 6.45) is -1.14. The number of fused-ring (bicyclic) bond motifs is 1. The third kappa shape index (κ3) is 3.39. The van der Waals surface area contributed by atoms with E-state index in [0.717, 1.165) is 16.6 Å². The highest BCUT2D eigenvalue weighted by Crippen LogP contribution is 2.38. The summed E-state index contributed by atoms with van der Waals surface area (Å²) >= 11 is 0. The van der Waals surface area contributed by atoms with Gasteiger partial charge in [0.15, 0.2) is 6.29 Å². The Hall–Kier alpha value is -2.89. The molecule has 2 heterocycles. The Labute approximate surface area is 157 Å². The number of hydrogen-bond donors (Lipinski definition) is 2. The largest absolute Gasteiger partial charge is 0.509 e. The summed E-state index contributed by atoms with van der Waals surface area (Å²) in [6.45, 7) is 3.79. The molecule has 1 aliphatic heterocycles. The minimum atomic E-state index is -1.14. The molecule has 0 amide bonds. The molecule has 0 saturated carbocycles. The molecule has 3 aromatic rings. The van der Waals surface area contributed by atoms with Crippen LogP contribution in [-0.4, -0.2) is 27.1 Å². The van der Waals surface area contributed by atoms with Gasteiger partial charge < -0.3 is 19.7 Å². The van der Waals surface area contributed by atoms with Crippen LogP contribution in [0.5, 0.6) is 5.75 Å². The minimum absolute atomic E-state index is 0.0454. The Bertz CT molecular complexity index is 1010. The van der Waals surface area contributed by atoms with E-state index in [0.29, 0.717) is 23.5 Å². The molecule has 1 unspecified atom stereocenters. The third-order valence-corrected chi connectivity index (χ3v) is 4.69. The zero-order chi connectivity index (χ0) is 19.0. The number of aliphatic hydroxyl groups is 2. The summed E-state index contributed by atoms with van der Waals surface area (Å²) in [4.78, 5) is 4.59. The molecule has 27 heavy (non-hydrogen) atoms. The fraction of sp³-hybridized carbons (Fsp3) is 0.227. The van der Waals surface area contributed by atoms with E-state index >= 15 is 0 Å². The van der Waals surface area contributed by atoms with Gasteiger partial charge in [-0.05, 0) is 43.7 Å². The molecule has 5 nitrogen and oxygen atoms in total. The van der Waals surface area contributed by atoms with Crippen LogP contribution < -0.4 is 4.74 Å². The normalized spacial score (nSPS) is 18.9. The van der Waals surface area contributed by atoms with E-state index in [1.165, 1.54) is 0 Å². The Morgan fingerprint density at radius 2 is 1.78 bits per heavy atom. The second kappa shape index (κ2) is 6.68. The zero-order valence-corrected chi connectivity index (χ0v) is 15.2. The molecule has 1 aromatic heterocycles. The molecule has 5 heteroatoms. The third-order valence-electron chi connectivity index (χ3n) is 4.69. The first-order valence-electron chi connectivity index (χ1n) is 8.81. The number of pyridine rings is 1. The number of ether oxygens (including phenoxy) is 2. The predicted octanol–water partition coefficient (Wildman–Crippen LogP) is 4.21. The molecule has 2 aromatic carbocycles. The first-order valence-corrected chi connectivity index (χ1v) is 8.81. The maximum absolute atomic E-state index is 10.3. The van der Waals surface area contributed by atoms with Crippen LogP contribution in [-0.2, 0) is 11.3 Å². The molecule has 1 atom stereocenters. The lowest BCUT2D eigenvalue weighted by Crippen LogP contribution is -2.24. The summed E-state index contributed by atoms with van der Waals surface area (Å²) in [6, 6.07) is 19.1. The monoisotopic (exact) mass is 363 g/mol. The summed E-state index contributed by atoms with van der Waals surface area (Å²) < 4.78 is 11.2. The van der Waals surface area contributed by atoms with Gasteiger partial charge >= 0.3 is 0 Å². The van der Waals surface area contributed by atoms with Crippen LogP contribution in [0.15, 0.2) is 66.4 Å². The molecular formula is C22H21NO4. The average Bonchev–Trinajstić information content (AvgIpc) is 2.87. The zero-order valence-electron chi connectivity index (χ0n) is 15.2. The van der Waals surface area contributed by atoms with E-state index in [4.69, 9.17) is 9.47 Å². The average molecular weight is 363 g/mol. The number of hydrogen-bond acceptors (Lipinski definition) is 5. The summed E-state index contributed by atoms with van der Waals surface area (Å²) in [5.74, 6) is 0.727. The van der Waals surface area contributed by atoms with Crippen molar-refractivity contribution in [1.82, 2.24) is 4.98 Å². The van der Waals surface area contributed by atoms with E-state index in [1.807, 2.05) is 36.4 Å². The van der Waals surface area contributed by atoms with Crippen LogP contribution >= 0.6 is 0 Å². The van der Waals surface area contributed by atoms with Crippen molar-refractivity contribution in [3.63, 3.8) is 0 Å². The van der Waals surface area contributed by atoms with Gasteiger partial charge in [0.2, 0.25) is 0 Å². The van der Waals surface area contributed by atoms with Crippen LogP contribution in [0.3, 0.4) is 0 Å². The Balaban J connectivity index is 1.49. The van der Waals surface area contributed by atoms with Gasteiger partial charge in [-0.15, -0.1) is 0 Å². The second-order valence-electron chi connectivity index (χ2n) is 7.05. The van der Waals surface area contributed by atoms with Crippen LogP contribution in [0.4, 0.5) is 0 Å². The molecule has 0 bridgehead atoms. The molecule has 0 radical (unpaired) electrons. The lowest BCUT2D eigenvalue weighted by Gasteiger charge is -2.17. The smallest absolute Gasteiger partial charge is 0.186 e. The molecule has 138 valence electrons. The van der Waals surface area contributed by atoms with Crippen LogP contribution in [0, 0.1) is 0 Å². The van der Waals surface area contributed by atoms with E-state index in [9.17, 15) is 10.2 Å². The van der Waals surface area contributed by atoms with Gasteiger partial charge in [-0.2, -0.15) is 0 Å². The van der Waals surface area contributed by atoms with Crippen molar-refractivity contribution < 1.29 is 19.7 Å². The topological polar surface area (TPSA) is 71.8 Å². The lowest BCUT2D eigenvalue weighted by atomic mass is 10.00. The Morgan fingerprint density at radius 1 is 1.04 bits per heavy atom. The maximum atomic E-state index is 10.3. The highest BCUT2D eigenvalue weighted by Gasteiger charge is 2.40. The van der Waals surface area contributed by atoms with Gasteiger partial charge in [0.1, 0.15) is 23.7 Å². The SMILES string of the molecule is CC1(C)OC(O)C(c2ccc(OCc3ccc4ccccc4n3)cc2)=C1O. The van der Waals surface area contributed by atoms with Gasteiger partial charge in [0, 0.05) is 5.39 Å². The quantitative estimate of drug-likeness (QED) is 0.726. The van der Waals surface area contributed by atoms with E-state index in [-0.39, 0.29) is 5.76 Å². The molecule has 1 aliphatic rings. The molecule has 4 rings (SSSR count). The van der Waals surface area contributed by atoms with E-state index in [1.54, 1.807) is 38.1 Å². The molecule has 0 spiro atoms. The highest BCUT2D eigenvalue weighted by atomic mass is 16.6. The first kappa shape index (κ1) is 17.5. The van der Waals surface area contributed by atoms with Gasteiger partial charge in [0.25, 0.3) is 0 Å². The lowest BCUT2D eigenvalue weighted by molar-refractivity contribution is -0.114. The first-order chi connectivity index (χ1) is 12.9. The van der Waals surface area contributed by atoms with Crippen LogP contribution in [0.2, 0.25) is 0 Å². The molecular weight excluding hydrogens is 342 g/mol. The van der Waals surface area contributed by atoms with Crippen molar-refractivity contribution >= 4 is 16.5 Å². The van der Waals surface area contributed by atoms with Gasteiger partial charge in [-0.1, -0.05) is 36.4 Å². The van der Waals surface area contributed by atoms with Crippen molar-refractivity contribution in [2.75, 3.05) is 0 Å². The molecule has 0 saturated heterocycles. The fourth-order valence-corrected chi connectivity index (χ4v) is 3.19. The predicted molar refractivity (Wildman–Crippen MR) is 103 cm³/mol. The van der Waals surface area contributed by atoms with Gasteiger partial charge in [-0.25, -0.2) is 4.98 Å². The maximum Gasteiger partial charge on any atom is 0.186 e. The van der Waals surface area contributed by atoms with Crippen LogP contribution in [0.1, 0.15) is 25.1 Å². The van der Waals surface area contributed by atoms with Crippen molar-refractivity contribution in [2.45, 2.75) is 32.3 Å². The van der Waals surface area contributed by atoms with Crippen LogP contribution in [0.25, 0.3) is 16.5 Å². The minimum Gasteiger partial charge on any atom is -0.509 e. The van der Waals surface area contributed by atoms with Crippen molar-refractivity contribution in [3.05, 3.63) is 77.7 Å². The Morgan fingerprint density at radius 3 is 2.48 bits per heavy atom. The van der Waals surface area contributed by atoms with E-state index < -0.39 is 11.9 Å². The van der Waals surface area contributed by atoms with E-state index in [2.05, 4.69) is 4.98 Å². The standard InChI is InChI=1S/C22H21NO4/c1-22(2)20(24)19(21(25)27-22)15-8-11-17(12-9-15)26-13-16-10-7-14-5-3-4-6-18(14)23-16/h3-12,21,24-25H,13H2,1-2H3. The van der Waals surface area contributed by atoms with Gasteiger partial charge in [0.05, 0.1) is 16.8 Å². The van der Waals surface area contributed by atoms with Crippen molar-refractivity contribution in [3.8, 4) is 5.75 Å². The molecule has 0 aliphatic carbocycles. The summed E-state index contributed by atoms with van der Waals surface area (Å²) in [7, 11) is 0. The van der Waals surface area contributed by atoms with Gasteiger partial charge in [-0.3, -0.25) is 0 Å². The summed E-state index contributed by atoms with van der Waals surface area (Å²) in [5, 5.41) is 21.5. The number of nitrogens with zero attached hydrogens (tertiary/aromatic N) is 1. The summed E-state index contributed by atoms with van der Waals surface area (Å²) in [5.41, 5.74) is 1.98. The number of aliphatic hydroxyl groups excluding tert-OH is 2. The number of rotatable bonds is 4. The molecule has 0 fully saturated rings. The number of para-hydroxylation sites is 1. The highest BCUT2D eigenvalue weighted by molar-refractivity contribution is 5.78. The second-order valence-corrected chi connectivity index (χ2v) is 7.05. The van der Waals surface area contributed by atoms with Crippen molar-refractivity contribution in [2.24, 2.45) is 0 Å². The number of aromatic nitrogens is 1. The number of benzene rings is 2. The van der Waals surface area contributed by atoms with Crippen molar-refractivity contribution in [1.29, 1.82) is 0 Å². The molecule has 2 N–H and O–H groups in total. The Kier molecular flexibility index (Phi) is 4.34. The fourth-order valence-electron chi connectivity index (χ4n) is 3.19.